The Kier molecular flexibility index (Phi) is 5.94. The zero-order valence-corrected chi connectivity index (χ0v) is 17.1. The topological polar surface area (TPSA) is 54.9 Å². The van der Waals surface area contributed by atoms with Crippen molar-refractivity contribution in [3.8, 4) is 0 Å². The fourth-order valence-corrected chi connectivity index (χ4v) is 4.78. The van der Waals surface area contributed by atoms with Gasteiger partial charge in [0.05, 0.1) is 11.8 Å². The summed E-state index contributed by atoms with van der Waals surface area (Å²) >= 11 is 3.15. The van der Waals surface area contributed by atoms with Crippen molar-refractivity contribution in [1.29, 1.82) is 0 Å². The largest absolute Gasteiger partial charge is 0.349 e. The van der Waals surface area contributed by atoms with Gasteiger partial charge in [-0.15, -0.1) is 11.3 Å². The van der Waals surface area contributed by atoms with Crippen LogP contribution in [0.5, 0.6) is 0 Å². The third kappa shape index (κ3) is 4.07. The van der Waals surface area contributed by atoms with Crippen LogP contribution in [0.15, 0.2) is 35.6 Å². The first-order chi connectivity index (χ1) is 12.5. The van der Waals surface area contributed by atoms with E-state index < -0.39 is 0 Å². The van der Waals surface area contributed by atoms with Crippen LogP contribution in [0.2, 0.25) is 0 Å². The highest BCUT2D eigenvalue weighted by Gasteiger charge is 2.16. The van der Waals surface area contributed by atoms with Crippen LogP contribution in [0.1, 0.15) is 41.0 Å². The Bertz CT molecular complexity index is 919. The van der Waals surface area contributed by atoms with Gasteiger partial charge in [-0.3, -0.25) is 4.79 Å². The summed E-state index contributed by atoms with van der Waals surface area (Å²) in [4.78, 5) is 23.5. The number of carbonyl (C=O) groups is 1. The number of thiophene rings is 1. The monoisotopic (exact) mass is 385 g/mol. The van der Waals surface area contributed by atoms with Gasteiger partial charge < -0.3 is 5.32 Å². The number of hydrogen-bond acceptors (Lipinski definition) is 5. The quantitative estimate of drug-likeness (QED) is 0.480. The summed E-state index contributed by atoms with van der Waals surface area (Å²) in [6.45, 7) is 8.34. The summed E-state index contributed by atoms with van der Waals surface area (Å²) in [5.74, 6) is 0.377. The fraction of sp³-hybridized carbons (Fsp3) is 0.350. The molecule has 6 heteroatoms. The molecule has 4 nitrogen and oxygen atoms in total. The van der Waals surface area contributed by atoms with Crippen molar-refractivity contribution in [2.24, 2.45) is 0 Å². The van der Waals surface area contributed by atoms with Crippen LogP contribution in [0.4, 0.5) is 0 Å². The molecule has 136 valence electrons. The van der Waals surface area contributed by atoms with Crippen LogP contribution in [-0.2, 0) is 4.79 Å². The van der Waals surface area contributed by atoms with E-state index in [-0.39, 0.29) is 11.9 Å². The smallest absolute Gasteiger partial charge is 0.230 e. The highest BCUT2D eigenvalue weighted by Crippen LogP contribution is 2.34. The number of rotatable bonds is 6. The molecule has 0 unspecified atom stereocenters. The molecule has 0 spiro atoms. The average Bonchev–Trinajstić information content (AvgIpc) is 2.93. The van der Waals surface area contributed by atoms with Crippen molar-refractivity contribution < 1.29 is 4.79 Å². The zero-order valence-electron chi connectivity index (χ0n) is 15.5. The molecule has 0 bridgehead atoms. The molecule has 2 heterocycles. The molecule has 0 saturated carbocycles. The van der Waals surface area contributed by atoms with Gasteiger partial charge in [-0.05, 0) is 38.3 Å². The Hall–Kier alpha value is -1.92. The summed E-state index contributed by atoms with van der Waals surface area (Å²) in [6, 6.07) is 8.38. The van der Waals surface area contributed by atoms with Crippen LogP contribution in [0.3, 0.4) is 0 Å². The minimum Gasteiger partial charge on any atom is -0.349 e. The molecule has 0 aliphatic heterocycles. The Morgan fingerprint density at radius 1 is 1.19 bits per heavy atom. The van der Waals surface area contributed by atoms with E-state index in [1.807, 2.05) is 0 Å². The Morgan fingerprint density at radius 2 is 1.92 bits per heavy atom. The van der Waals surface area contributed by atoms with Gasteiger partial charge in [-0.25, -0.2) is 9.97 Å². The number of nitrogens with zero attached hydrogens (tertiary/aromatic N) is 2. The molecule has 0 radical (unpaired) electrons. The lowest BCUT2D eigenvalue weighted by Crippen LogP contribution is -2.29. The van der Waals surface area contributed by atoms with Crippen LogP contribution in [0.25, 0.3) is 10.2 Å². The number of nitrogens with one attached hydrogen (secondary N) is 1. The molecule has 1 aromatic carbocycles. The first-order valence-corrected chi connectivity index (χ1v) is 10.5. The van der Waals surface area contributed by atoms with Crippen molar-refractivity contribution in [2.75, 3.05) is 5.75 Å². The Labute approximate surface area is 162 Å². The molecular weight excluding hydrogens is 362 g/mol. The highest BCUT2D eigenvalue weighted by molar-refractivity contribution is 8.00. The minimum atomic E-state index is 0.0267. The summed E-state index contributed by atoms with van der Waals surface area (Å²) in [6.07, 6.45) is 2.44. The fourth-order valence-electron chi connectivity index (χ4n) is 2.85. The first kappa shape index (κ1) is 18.9. The average molecular weight is 386 g/mol. The summed E-state index contributed by atoms with van der Waals surface area (Å²) in [7, 11) is 0. The molecule has 26 heavy (non-hydrogen) atoms. The van der Waals surface area contributed by atoms with Crippen LogP contribution in [-0.4, -0.2) is 21.6 Å². The van der Waals surface area contributed by atoms with Gasteiger partial charge in [0.15, 0.2) is 0 Å². The lowest BCUT2D eigenvalue weighted by molar-refractivity contribution is -0.119. The predicted octanol–water partition coefficient (Wildman–Crippen LogP) is 4.98. The van der Waals surface area contributed by atoms with Gasteiger partial charge in [-0.1, -0.05) is 48.5 Å². The molecule has 1 N–H and O–H groups in total. The number of fused-ring (bicyclic) bond motifs is 1. The molecule has 2 aromatic heterocycles. The number of hydrogen-bond donors (Lipinski definition) is 1. The van der Waals surface area contributed by atoms with Gasteiger partial charge in [0.2, 0.25) is 5.91 Å². The van der Waals surface area contributed by atoms with E-state index in [9.17, 15) is 4.79 Å². The van der Waals surface area contributed by atoms with Gasteiger partial charge in [0.25, 0.3) is 0 Å². The van der Waals surface area contributed by atoms with E-state index in [0.29, 0.717) is 5.75 Å². The molecule has 1 amide bonds. The number of amides is 1. The van der Waals surface area contributed by atoms with Gasteiger partial charge in [0, 0.05) is 10.3 Å². The van der Waals surface area contributed by atoms with Crippen molar-refractivity contribution in [1.82, 2.24) is 15.3 Å². The summed E-state index contributed by atoms with van der Waals surface area (Å²) in [5.41, 5.74) is 3.57. The second-order valence-electron chi connectivity index (χ2n) is 6.37. The van der Waals surface area contributed by atoms with Crippen LogP contribution in [0, 0.1) is 20.8 Å². The summed E-state index contributed by atoms with van der Waals surface area (Å²) in [5, 5.41) is 5.11. The number of aromatic nitrogens is 2. The maximum absolute atomic E-state index is 12.5. The third-order valence-corrected chi connectivity index (χ3v) is 6.60. The molecular formula is C20H23N3OS2. The third-order valence-electron chi connectivity index (χ3n) is 4.49. The number of aryl methyl sites for hydroxylation is 3. The van der Waals surface area contributed by atoms with E-state index >= 15 is 0 Å². The van der Waals surface area contributed by atoms with Gasteiger partial charge in [-0.2, -0.15) is 0 Å². The van der Waals surface area contributed by atoms with Crippen molar-refractivity contribution in [2.45, 2.75) is 45.2 Å². The Balaban J connectivity index is 1.68. The maximum atomic E-state index is 12.5. The second kappa shape index (κ2) is 8.18. The highest BCUT2D eigenvalue weighted by atomic mass is 32.2. The van der Waals surface area contributed by atoms with E-state index in [0.717, 1.165) is 27.2 Å². The first-order valence-electron chi connectivity index (χ1n) is 8.69. The van der Waals surface area contributed by atoms with E-state index in [1.54, 1.807) is 17.7 Å². The molecule has 3 rings (SSSR count). The van der Waals surface area contributed by atoms with E-state index in [2.05, 4.69) is 67.2 Å². The Morgan fingerprint density at radius 3 is 2.62 bits per heavy atom. The lowest BCUT2D eigenvalue weighted by atomic mass is 10.0. The SMILES string of the molecule is CC[C@H](NC(=O)CSc1ncnc2sc(C)c(C)c12)c1ccc(C)cc1. The van der Waals surface area contributed by atoms with Crippen molar-refractivity contribution in [3.05, 3.63) is 52.2 Å². The van der Waals surface area contributed by atoms with Gasteiger partial charge in [0.1, 0.15) is 16.2 Å². The summed E-state index contributed by atoms with van der Waals surface area (Å²) < 4.78 is 0. The standard InChI is InChI=1S/C20H23N3OS2/c1-5-16(15-8-6-12(2)7-9-15)23-17(24)10-25-19-18-13(3)14(4)26-20(18)22-11-21-19/h6-9,11,16H,5,10H2,1-4H3,(H,23,24)/t16-/m0/s1. The molecule has 0 aliphatic rings. The maximum Gasteiger partial charge on any atom is 0.230 e. The molecule has 0 fully saturated rings. The predicted molar refractivity (Wildman–Crippen MR) is 110 cm³/mol. The number of thioether (sulfide) groups is 1. The normalized spacial score (nSPS) is 12.3. The van der Waals surface area contributed by atoms with Crippen molar-refractivity contribution >= 4 is 39.2 Å². The molecule has 3 aromatic rings. The number of benzene rings is 1. The lowest BCUT2D eigenvalue weighted by Gasteiger charge is -2.17. The molecule has 0 aliphatic carbocycles. The van der Waals surface area contributed by atoms with E-state index in [4.69, 9.17) is 0 Å². The van der Waals surface area contributed by atoms with E-state index in [1.165, 1.54) is 27.8 Å². The second-order valence-corrected chi connectivity index (χ2v) is 8.54. The van der Waals surface area contributed by atoms with Gasteiger partial charge >= 0.3 is 0 Å². The van der Waals surface area contributed by atoms with Crippen LogP contribution < -0.4 is 5.32 Å². The zero-order chi connectivity index (χ0) is 18.7. The van der Waals surface area contributed by atoms with Crippen LogP contribution >= 0.6 is 23.1 Å². The minimum absolute atomic E-state index is 0.0267. The molecule has 1 atom stereocenters. The van der Waals surface area contributed by atoms with Crippen molar-refractivity contribution in [3.63, 3.8) is 0 Å². The molecule has 0 saturated heterocycles. The number of carbonyl (C=O) groups excluding carboxylic acids is 1.